The van der Waals surface area contributed by atoms with E-state index in [0.717, 1.165) is 44.7 Å². The highest BCUT2D eigenvalue weighted by molar-refractivity contribution is 6.34. The summed E-state index contributed by atoms with van der Waals surface area (Å²) in [5, 5.41) is 0.580. The third-order valence-electron chi connectivity index (χ3n) is 4.33. The molecule has 0 N–H and O–H groups in total. The fourth-order valence-electron chi connectivity index (χ4n) is 3.06. The van der Waals surface area contributed by atoms with Crippen molar-refractivity contribution in [3.05, 3.63) is 34.3 Å². The summed E-state index contributed by atoms with van der Waals surface area (Å²) in [6.45, 7) is 5.16. The molecule has 1 aromatic rings. The lowest BCUT2D eigenvalue weighted by Gasteiger charge is -2.22. The van der Waals surface area contributed by atoms with Crippen LogP contribution in [0.15, 0.2) is 18.2 Å². The van der Waals surface area contributed by atoms with Crippen molar-refractivity contribution in [3.8, 4) is 0 Å². The number of hydrogen-bond acceptors (Lipinski definition) is 2. The molecule has 0 aromatic heterocycles. The van der Waals surface area contributed by atoms with E-state index < -0.39 is 0 Å². The molecule has 3 rings (SSSR count). The number of carbonyl (C=O) groups is 1. The van der Waals surface area contributed by atoms with Crippen molar-refractivity contribution < 1.29 is 9.53 Å². The van der Waals surface area contributed by atoms with E-state index in [1.54, 1.807) is 0 Å². The first-order chi connectivity index (χ1) is 9.11. The van der Waals surface area contributed by atoms with Gasteiger partial charge in [0.25, 0.3) is 5.91 Å². The molecular formula is C15H18ClNO2. The average molecular weight is 280 g/mol. The van der Waals surface area contributed by atoms with Gasteiger partial charge in [-0.15, -0.1) is 0 Å². The minimum Gasteiger partial charge on any atom is -0.381 e. The van der Waals surface area contributed by atoms with Gasteiger partial charge in [-0.2, -0.15) is 0 Å². The first kappa shape index (κ1) is 12.9. The summed E-state index contributed by atoms with van der Waals surface area (Å²) in [5.41, 5.74) is 1.77. The molecule has 19 heavy (non-hydrogen) atoms. The van der Waals surface area contributed by atoms with E-state index in [4.69, 9.17) is 16.3 Å². The van der Waals surface area contributed by atoms with Crippen molar-refractivity contribution in [2.45, 2.75) is 19.8 Å². The lowest BCUT2D eigenvalue weighted by Crippen LogP contribution is -2.32. The van der Waals surface area contributed by atoms with Gasteiger partial charge >= 0.3 is 0 Å². The standard InChI is InChI=1S/C15H18ClNO2/c1-11-3-2-4-12(13(11)16)14(18)17-7-5-15(9-17)6-8-19-10-15/h2-4H,5-10H2,1H3. The lowest BCUT2D eigenvalue weighted by molar-refractivity contribution is 0.0766. The van der Waals surface area contributed by atoms with Crippen LogP contribution in [-0.2, 0) is 4.74 Å². The predicted octanol–water partition coefficient (Wildman–Crippen LogP) is 2.90. The number of halogens is 1. The normalized spacial score (nSPS) is 26.3. The quantitative estimate of drug-likeness (QED) is 0.791. The number of hydrogen-bond donors (Lipinski definition) is 0. The second kappa shape index (κ2) is 4.80. The van der Waals surface area contributed by atoms with Gasteiger partial charge in [-0.25, -0.2) is 0 Å². The van der Waals surface area contributed by atoms with Crippen molar-refractivity contribution in [1.29, 1.82) is 0 Å². The number of benzene rings is 1. The molecule has 2 aliphatic rings. The summed E-state index contributed by atoms with van der Waals surface area (Å²) in [6.07, 6.45) is 2.11. The van der Waals surface area contributed by atoms with Gasteiger partial charge < -0.3 is 9.64 Å². The first-order valence-corrected chi connectivity index (χ1v) is 7.11. The highest BCUT2D eigenvalue weighted by Crippen LogP contribution is 2.39. The summed E-state index contributed by atoms with van der Waals surface area (Å²) in [7, 11) is 0. The highest BCUT2D eigenvalue weighted by Gasteiger charge is 2.43. The van der Waals surface area contributed by atoms with Crippen LogP contribution in [0, 0.1) is 12.3 Å². The zero-order chi connectivity index (χ0) is 13.5. The molecule has 2 saturated heterocycles. The van der Waals surface area contributed by atoms with Gasteiger partial charge in [0, 0.05) is 25.1 Å². The van der Waals surface area contributed by atoms with Crippen molar-refractivity contribution in [2.24, 2.45) is 5.41 Å². The summed E-state index contributed by atoms with van der Waals surface area (Å²) in [6, 6.07) is 5.63. The summed E-state index contributed by atoms with van der Waals surface area (Å²) in [5.74, 6) is 0.0532. The third-order valence-corrected chi connectivity index (χ3v) is 4.83. The van der Waals surface area contributed by atoms with Crippen LogP contribution in [0.4, 0.5) is 0 Å². The largest absolute Gasteiger partial charge is 0.381 e. The molecule has 3 nitrogen and oxygen atoms in total. The third kappa shape index (κ3) is 2.26. The van der Waals surface area contributed by atoms with Crippen LogP contribution in [0.1, 0.15) is 28.8 Å². The smallest absolute Gasteiger partial charge is 0.255 e. The molecular weight excluding hydrogens is 262 g/mol. The van der Waals surface area contributed by atoms with Crippen LogP contribution in [0.3, 0.4) is 0 Å². The van der Waals surface area contributed by atoms with Crippen LogP contribution in [0.25, 0.3) is 0 Å². The van der Waals surface area contributed by atoms with E-state index in [9.17, 15) is 4.79 Å². The zero-order valence-electron chi connectivity index (χ0n) is 11.1. The minimum absolute atomic E-state index is 0.0532. The maximum absolute atomic E-state index is 12.6. The maximum Gasteiger partial charge on any atom is 0.255 e. The van der Waals surface area contributed by atoms with Crippen LogP contribution >= 0.6 is 11.6 Å². The Morgan fingerprint density at radius 1 is 1.42 bits per heavy atom. The molecule has 0 aliphatic carbocycles. The molecule has 102 valence electrons. The van der Waals surface area contributed by atoms with E-state index in [1.165, 1.54) is 0 Å². The van der Waals surface area contributed by atoms with Gasteiger partial charge in [0.2, 0.25) is 0 Å². The molecule has 1 aromatic carbocycles. The number of likely N-dealkylation sites (tertiary alicyclic amines) is 1. The van der Waals surface area contributed by atoms with E-state index >= 15 is 0 Å². The predicted molar refractivity (Wildman–Crippen MR) is 74.6 cm³/mol. The van der Waals surface area contributed by atoms with Gasteiger partial charge in [0.1, 0.15) is 0 Å². The molecule has 1 atom stereocenters. The first-order valence-electron chi connectivity index (χ1n) is 6.73. The molecule has 0 saturated carbocycles. The highest BCUT2D eigenvalue weighted by atomic mass is 35.5. The number of amides is 1. The summed E-state index contributed by atoms with van der Waals surface area (Å²) < 4.78 is 5.49. The Morgan fingerprint density at radius 3 is 3.00 bits per heavy atom. The van der Waals surface area contributed by atoms with Crippen molar-refractivity contribution >= 4 is 17.5 Å². The van der Waals surface area contributed by atoms with E-state index in [1.807, 2.05) is 30.0 Å². The van der Waals surface area contributed by atoms with Crippen LogP contribution in [0.5, 0.6) is 0 Å². The van der Waals surface area contributed by atoms with Gasteiger partial charge in [0.15, 0.2) is 0 Å². The van der Waals surface area contributed by atoms with Crippen LogP contribution in [-0.4, -0.2) is 37.1 Å². The Labute approximate surface area is 118 Å². The van der Waals surface area contributed by atoms with Crippen LogP contribution in [0.2, 0.25) is 5.02 Å². The van der Waals surface area contributed by atoms with Gasteiger partial charge in [-0.1, -0.05) is 23.7 Å². The number of aryl methyl sites for hydroxylation is 1. The monoisotopic (exact) mass is 279 g/mol. The Balaban J connectivity index is 1.80. The topological polar surface area (TPSA) is 29.5 Å². The Hall–Kier alpha value is -1.06. The number of nitrogens with zero attached hydrogens (tertiary/aromatic N) is 1. The Bertz CT molecular complexity index is 509. The number of carbonyl (C=O) groups excluding carboxylic acids is 1. The summed E-state index contributed by atoms with van der Waals surface area (Å²) in [4.78, 5) is 14.5. The zero-order valence-corrected chi connectivity index (χ0v) is 11.9. The Kier molecular flexibility index (Phi) is 3.27. The number of ether oxygens (including phenoxy) is 1. The molecule has 1 amide bonds. The molecule has 2 fully saturated rings. The second-order valence-corrected chi connectivity index (χ2v) is 6.09. The molecule has 2 heterocycles. The second-order valence-electron chi connectivity index (χ2n) is 5.72. The fourth-order valence-corrected chi connectivity index (χ4v) is 3.27. The summed E-state index contributed by atoms with van der Waals surface area (Å²) >= 11 is 6.25. The Morgan fingerprint density at radius 2 is 2.26 bits per heavy atom. The van der Waals surface area contributed by atoms with Crippen LogP contribution < -0.4 is 0 Å². The molecule has 0 radical (unpaired) electrons. The fraction of sp³-hybridized carbons (Fsp3) is 0.533. The van der Waals surface area contributed by atoms with E-state index in [2.05, 4.69) is 0 Å². The molecule has 1 unspecified atom stereocenters. The van der Waals surface area contributed by atoms with Crippen molar-refractivity contribution in [1.82, 2.24) is 4.90 Å². The molecule has 2 aliphatic heterocycles. The number of rotatable bonds is 1. The van der Waals surface area contributed by atoms with E-state index in [-0.39, 0.29) is 11.3 Å². The van der Waals surface area contributed by atoms with Gasteiger partial charge in [-0.05, 0) is 31.4 Å². The van der Waals surface area contributed by atoms with Crippen molar-refractivity contribution in [2.75, 3.05) is 26.3 Å². The maximum atomic E-state index is 12.6. The van der Waals surface area contributed by atoms with Gasteiger partial charge in [0.05, 0.1) is 17.2 Å². The molecule has 0 bridgehead atoms. The average Bonchev–Trinajstić information content (AvgIpc) is 3.03. The van der Waals surface area contributed by atoms with Gasteiger partial charge in [-0.3, -0.25) is 4.79 Å². The van der Waals surface area contributed by atoms with Crippen molar-refractivity contribution in [3.63, 3.8) is 0 Å². The molecule has 4 heteroatoms. The lowest BCUT2D eigenvalue weighted by atomic mass is 9.87. The SMILES string of the molecule is Cc1cccc(C(=O)N2CCC3(CCOC3)C2)c1Cl. The molecule has 1 spiro atoms. The van der Waals surface area contributed by atoms with E-state index in [0.29, 0.717) is 10.6 Å². The minimum atomic E-state index is 0.0532.